The van der Waals surface area contributed by atoms with Gasteiger partial charge in [0.15, 0.2) is 0 Å². The Morgan fingerprint density at radius 2 is 1.72 bits per heavy atom. The third-order valence-corrected chi connectivity index (χ3v) is 4.04. The van der Waals surface area contributed by atoms with Crippen LogP contribution in [0.1, 0.15) is 18.4 Å². The average Bonchev–Trinajstić information content (AvgIpc) is 2.62. The van der Waals surface area contributed by atoms with Crippen LogP contribution in [0, 0.1) is 22.7 Å². The first-order valence-corrected chi connectivity index (χ1v) is 8.83. The van der Waals surface area contributed by atoms with Crippen LogP contribution in [0.15, 0.2) is 18.2 Å². The van der Waals surface area contributed by atoms with Crippen molar-refractivity contribution in [1.29, 1.82) is 10.5 Å². The van der Waals surface area contributed by atoms with Crippen molar-refractivity contribution in [3.63, 3.8) is 0 Å². The summed E-state index contributed by atoms with van der Waals surface area (Å²) in [5.74, 6) is -0.979. The fraction of sp³-hybridized carbons (Fsp3) is 0.444. The van der Waals surface area contributed by atoms with Crippen LogP contribution in [0.25, 0.3) is 0 Å². The van der Waals surface area contributed by atoms with E-state index in [-0.39, 0.29) is 50.6 Å². The van der Waals surface area contributed by atoms with Crippen LogP contribution in [0.2, 0.25) is 5.02 Å². The Kier molecular flexibility index (Phi) is 9.39. The number of carbonyl (C=O) groups is 2. The summed E-state index contributed by atoms with van der Waals surface area (Å²) in [6.45, 7) is -0.0666. The summed E-state index contributed by atoms with van der Waals surface area (Å²) in [6, 6.07) is 6.85. The van der Waals surface area contributed by atoms with E-state index in [2.05, 4.69) is 5.32 Å². The van der Waals surface area contributed by atoms with Crippen LogP contribution in [0.3, 0.4) is 0 Å². The molecule has 0 fully saturated rings. The molecule has 0 heterocycles. The van der Waals surface area contributed by atoms with Gasteiger partial charge in [-0.25, -0.2) is 0 Å². The average molecular weight is 430 g/mol. The fourth-order valence-electron chi connectivity index (χ4n) is 2.38. The normalized spacial score (nSPS) is 10.9. The highest BCUT2D eigenvalue weighted by Crippen LogP contribution is 2.36. The molecule has 0 aliphatic rings. The van der Waals surface area contributed by atoms with Gasteiger partial charge in [0.1, 0.15) is 0 Å². The molecule has 29 heavy (non-hydrogen) atoms. The third kappa shape index (κ3) is 8.38. The lowest BCUT2D eigenvalue weighted by molar-refractivity contribution is -0.137. The number of anilines is 1. The molecule has 0 atom stereocenters. The molecule has 0 aliphatic heterocycles. The Morgan fingerprint density at radius 3 is 2.24 bits per heavy atom. The number of nitrogens with one attached hydrogen (secondary N) is 1. The van der Waals surface area contributed by atoms with E-state index in [1.807, 2.05) is 12.1 Å². The lowest BCUT2D eigenvalue weighted by Gasteiger charge is -2.24. The van der Waals surface area contributed by atoms with Gasteiger partial charge < -0.3 is 10.2 Å². The number of nitriles is 2. The van der Waals surface area contributed by atoms with Crippen LogP contribution in [-0.4, -0.2) is 54.8 Å². The summed E-state index contributed by atoms with van der Waals surface area (Å²) in [7, 11) is 1.49. The molecule has 1 aromatic rings. The van der Waals surface area contributed by atoms with Gasteiger partial charge in [0, 0.05) is 18.8 Å². The van der Waals surface area contributed by atoms with E-state index in [4.69, 9.17) is 22.1 Å². The van der Waals surface area contributed by atoms with Gasteiger partial charge in [-0.3, -0.25) is 14.5 Å². The number of alkyl halides is 3. The second-order valence-electron chi connectivity index (χ2n) is 6.11. The zero-order chi connectivity index (χ0) is 22.0. The minimum atomic E-state index is -4.66. The SMILES string of the molecule is CN(CC(=O)Nc1ccc(Cl)c(C(F)(F)F)c1)CC(=O)N(CCC#N)CCC#N. The largest absolute Gasteiger partial charge is 0.417 e. The summed E-state index contributed by atoms with van der Waals surface area (Å²) >= 11 is 5.54. The van der Waals surface area contributed by atoms with Crippen molar-refractivity contribution in [1.82, 2.24) is 9.80 Å². The number of hydrogen-bond donors (Lipinski definition) is 1. The molecule has 156 valence electrons. The van der Waals surface area contributed by atoms with E-state index in [1.54, 1.807) is 0 Å². The Morgan fingerprint density at radius 1 is 1.14 bits per heavy atom. The smallest absolute Gasteiger partial charge is 0.340 e. The van der Waals surface area contributed by atoms with Gasteiger partial charge in [-0.05, 0) is 25.2 Å². The molecule has 1 N–H and O–H groups in total. The molecule has 11 heteroatoms. The maximum Gasteiger partial charge on any atom is 0.417 e. The van der Waals surface area contributed by atoms with Crippen molar-refractivity contribution >= 4 is 29.1 Å². The fourth-order valence-corrected chi connectivity index (χ4v) is 2.61. The van der Waals surface area contributed by atoms with E-state index >= 15 is 0 Å². The summed E-state index contributed by atoms with van der Waals surface area (Å²) in [5.41, 5.74) is -1.14. The van der Waals surface area contributed by atoms with E-state index in [1.165, 1.54) is 22.9 Å². The summed E-state index contributed by atoms with van der Waals surface area (Å²) in [5, 5.41) is 19.2. The molecule has 0 aromatic heterocycles. The van der Waals surface area contributed by atoms with Gasteiger partial charge in [0.25, 0.3) is 0 Å². The van der Waals surface area contributed by atoms with E-state index in [0.29, 0.717) is 0 Å². The molecule has 0 unspecified atom stereocenters. The maximum atomic E-state index is 12.9. The molecule has 0 aliphatic carbocycles. The number of nitrogens with zero attached hydrogens (tertiary/aromatic N) is 4. The zero-order valence-electron chi connectivity index (χ0n) is 15.6. The van der Waals surface area contributed by atoms with Crippen molar-refractivity contribution in [2.75, 3.05) is 38.5 Å². The lowest BCUT2D eigenvalue weighted by atomic mass is 10.2. The van der Waals surface area contributed by atoms with Crippen LogP contribution >= 0.6 is 11.6 Å². The Labute approximate surface area is 171 Å². The number of likely N-dealkylation sites (N-methyl/N-ethyl adjacent to an activating group) is 1. The molecular formula is C18H19ClF3N5O2. The minimum Gasteiger partial charge on any atom is -0.340 e. The van der Waals surface area contributed by atoms with Crippen molar-refractivity contribution < 1.29 is 22.8 Å². The highest BCUT2D eigenvalue weighted by molar-refractivity contribution is 6.31. The van der Waals surface area contributed by atoms with Gasteiger partial charge >= 0.3 is 6.18 Å². The number of rotatable bonds is 9. The van der Waals surface area contributed by atoms with Gasteiger partial charge in [-0.15, -0.1) is 0 Å². The predicted molar refractivity (Wildman–Crippen MR) is 99.6 cm³/mol. The number of hydrogen-bond acceptors (Lipinski definition) is 5. The molecule has 1 rings (SSSR count). The Balaban J connectivity index is 2.67. The predicted octanol–water partition coefficient (Wildman–Crippen LogP) is 2.89. The second kappa shape index (κ2) is 11.2. The summed E-state index contributed by atoms with van der Waals surface area (Å²) in [4.78, 5) is 27.1. The molecule has 0 spiro atoms. The lowest BCUT2D eigenvalue weighted by Crippen LogP contribution is -2.42. The van der Waals surface area contributed by atoms with Crippen LogP contribution in [-0.2, 0) is 15.8 Å². The molecular weight excluding hydrogens is 411 g/mol. The van der Waals surface area contributed by atoms with Gasteiger partial charge in [0.2, 0.25) is 11.8 Å². The Bertz CT molecular complexity index is 799. The second-order valence-corrected chi connectivity index (χ2v) is 6.52. The van der Waals surface area contributed by atoms with Crippen LogP contribution in [0.4, 0.5) is 18.9 Å². The Hall–Kier alpha value is -2.82. The minimum absolute atomic E-state index is 0.0730. The van der Waals surface area contributed by atoms with Crippen molar-refractivity contribution in [3.8, 4) is 12.1 Å². The monoisotopic (exact) mass is 429 g/mol. The summed E-state index contributed by atoms with van der Waals surface area (Å²) in [6.07, 6.45) is -4.43. The topological polar surface area (TPSA) is 100 Å². The maximum absolute atomic E-state index is 12.9. The van der Waals surface area contributed by atoms with Crippen LogP contribution in [0.5, 0.6) is 0 Å². The number of amides is 2. The molecule has 7 nitrogen and oxygen atoms in total. The van der Waals surface area contributed by atoms with Gasteiger partial charge in [-0.1, -0.05) is 11.6 Å². The number of benzene rings is 1. The molecule has 1 aromatic carbocycles. The van der Waals surface area contributed by atoms with E-state index < -0.39 is 22.7 Å². The molecule has 0 saturated heterocycles. The van der Waals surface area contributed by atoms with Gasteiger partial charge in [0.05, 0.1) is 48.7 Å². The van der Waals surface area contributed by atoms with Gasteiger partial charge in [-0.2, -0.15) is 23.7 Å². The molecule has 0 saturated carbocycles. The van der Waals surface area contributed by atoms with Crippen LogP contribution < -0.4 is 5.32 Å². The first-order valence-electron chi connectivity index (χ1n) is 8.45. The molecule has 0 radical (unpaired) electrons. The van der Waals surface area contributed by atoms with Crippen molar-refractivity contribution in [3.05, 3.63) is 28.8 Å². The molecule has 2 amide bonds. The van der Waals surface area contributed by atoms with Crippen molar-refractivity contribution in [2.45, 2.75) is 19.0 Å². The quantitative estimate of drug-likeness (QED) is 0.650. The zero-order valence-corrected chi connectivity index (χ0v) is 16.3. The third-order valence-electron chi connectivity index (χ3n) is 3.71. The number of carbonyl (C=O) groups excluding carboxylic acids is 2. The number of halogens is 4. The van der Waals surface area contributed by atoms with Crippen molar-refractivity contribution in [2.24, 2.45) is 0 Å². The van der Waals surface area contributed by atoms with E-state index in [0.717, 1.165) is 12.1 Å². The molecule has 0 bridgehead atoms. The first kappa shape index (κ1) is 24.2. The summed E-state index contributed by atoms with van der Waals surface area (Å²) < 4.78 is 38.7. The highest BCUT2D eigenvalue weighted by atomic mass is 35.5. The standard InChI is InChI=1S/C18H19ClF3N5O2/c1-26(12-17(29)27(8-2-6-23)9-3-7-24)11-16(28)25-13-4-5-15(19)14(10-13)18(20,21)22/h4-5,10H,2-3,8-9,11-12H2,1H3,(H,25,28). The van der Waals surface area contributed by atoms with E-state index in [9.17, 15) is 22.8 Å². The first-order chi connectivity index (χ1) is 13.6. The highest BCUT2D eigenvalue weighted by Gasteiger charge is 2.33.